The number of nitrogen functional groups attached to an aromatic ring is 6. The van der Waals surface area contributed by atoms with Crippen LogP contribution in [0.15, 0.2) is 77.9 Å². The molecule has 12 rings (SSSR count). The Morgan fingerprint density at radius 3 is 1.61 bits per heavy atom. The van der Waals surface area contributed by atoms with Gasteiger partial charge in [-0.05, 0) is 91.6 Å². The van der Waals surface area contributed by atoms with Crippen LogP contribution >= 0.6 is 72.9 Å². The molecule has 0 saturated heterocycles. The molecule has 0 saturated carbocycles. The Kier molecular flexibility index (Phi) is 26.8. The highest BCUT2D eigenvalue weighted by Gasteiger charge is 1.99. The van der Waals surface area contributed by atoms with Crippen molar-refractivity contribution >= 4 is 142 Å². The number of thiocarbonyl (C=S) groups is 1. The van der Waals surface area contributed by atoms with Gasteiger partial charge in [0.15, 0.2) is 9.88 Å². The van der Waals surface area contributed by atoms with Crippen LogP contribution in [0, 0.1) is 19.1 Å². The second kappa shape index (κ2) is 33.8. The minimum atomic E-state index is 0.178. The third kappa shape index (κ3) is 25.3. The second-order valence-corrected chi connectivity index (χ2v) is 15.1. The van der Waals surface area contributed by atoms with Crippen molar-refractivity contribution in [2.75, 3.05) is 47.3 Å². The number of H-pyrrole nitrogens is 11. The number of carbonyl (C=O) groups is 1. The fourth-order valence-corrected chi connectivity index (χ4v) is 4.90. The van der Waals surface area contributed by atoms with Gasteiger partial charge in [0.2, 0.25) is 49.2 Å². The van der Waals surface area contributed by atoms with Crippen LogP contribution in [0.1, 0.15) is 0 Å². The molecular formula is C32H45N35O2S6. The second-order valence-electron chi connectivity index (χ2n) is 12.4. The summed E-state index contributed by atoms with van der Waals surface area (Å²) in [5.41, 5.74) is 28.7. The molecule has 396 valence electrons. The molecule has 0 aliphatic carbocycles. The lowest BCUT2D eigenvalue weighted by Crippen LogP contribution is -2.12. The normalized spacial score (nSPS) is 10.1. The first-order valence-electron chi connectivity index (χ1n) is 19.7. The SMILES string of the molecule is CSc1n[nH]c(N)n1.Cn1cn[nH]c1=S.Nc1n[nH]c(N)n1.Nc1nc(=S)[nH][nH]1.Nc1ncn[nH]1.Nn1cn[nH]c1=S.O=COc1ccc2n[nH]nc2c1.S=C1N=CCN1.S=c1nc[nH][nH]1.c1ccc2n[nH]nc2c1. The number of aryl methyl sites for hydroxylation is 1. The van der Waals surface area contributed by atoms with Crippen molar-refractivity contribution in [3.05, 3.63) is 86.9 Å². The molecule has 9 aromatic heterocycles. The predicted octanol–water partition coefficient (Wildman–Crippen LogP) is 0.510. The van der Waals surface area contributed by atoms with E-state index in [1.165, 1.54) is 35.4 Å². The number of ether oxygens (including phenoxy) is 1. The first kappa shape index (κ1) is 59.6. The zero-order valence-corrected chi connectivity index (χ0v) is 43.4. The van der Waals surface area contributed by atoms with E-state index in [0.29, 0.717) is 64.9 Å². The van der Waals surface area contributed by atoms with Gasteiger partial charge in [-0.25, -0.2) is 34.9 Å². The van der Waals surface area contributed by atoms with Gasteiger partial charge in [-0.2, -0.15) is 61.1 Å². The smallest absolute Gasteiger partial charge is 0.298 e. The summed E-state index contributed by atoms with van der Waals surface area (Å²) >= 11 is 24.5. The highest BCUT2D eigenvalue weighted by Crippen LogP contribution is 2.16. The molecule has 75 heavy (non-hydrogen) atoms. The first-order valence-corrected chi connectivity index (χ1v) is 23.0. The van der Waals surface area contributed by atoms with Crippen molar-refractivity contribution in [3.63, 3.8) is 0 Å². The topological polar surface area (TPSA) is 571 Å². The van der Waals surface area contributed by atoms with Crippen LogP contribution in [-0.2, 0) is 11.8 Å². The number of rotatable bonds is 3. The third-order valence-electron chi connectivity index (χ3n) is 7.10. The molecule has 0 bridgehead atoms. The lowest BCUT2D eigenvalue weighted by Gasteiger charge is -1.94. The highest BCUT2D eigenvalue weighted by molar-refractivity contribution is 7.98. The average molecular weight is 1140 g/mol. The Morgan fingerprint density at radius 2 is 1.32 bits per heavy atom. The van der Waals surface area contributed by atoms with Gasteiger partial charge in [0, 0.05) is 19.3 Å². The summed E-state index contributed by atoms with van der Waals surface area (Å²) in [5, 5.41) is 64.9. The zero-order chi connectivity index (χ0) is 54.8. The number of nitrogens with one attached hydrogen (secondary N) is 12. The van der Waals surface area contributed by atoms with Gasteiger partial charge < -0.3 is 49.1 Å². The van der Waals surface area contributed by atoms with Gasteiger partial charge in [0.05, 0.1) is 6.54 Å². The summed E-state index contributed by atoms with van der Waals surface area (Å²) in [5.74, 6) is 7.10. The molecule has 10 heterocycles. The van der Waals surface area contributed by atoms with Gasteiger partial charge in [0.25, 0.3) is 6.47 Å². The molecule has 43 heteroatoms. The number of nitrogens with two attached hydrogens (primary N) is 6. The molecule has 0 radical (unpaired) electrons. The number of anilines is 5. The van der Waals surface area contributed by atoms with Crippen molar-refractivity contribution in [3.8, 4) is 5.75 Å². The van der Waals surface area contributed by atoms with E-state index >= 15 is 0 Å². The quantitative estimate of drug-likeness (QED) is 0.0496. The molecule has 0 unspecified atom stereocenters. The summed E-state index contributed by atoms with van der Waals surface area (Å²) in [4.78, 5) is 31.8. The largest absolute Gasteiger partial charge is 0.429 e. The Morgan fingerprint density at radius 1 is 0.667 bits per heavy atom. The van der Waals surface area contributed by atoms with Gasteiger partial charge >= 0.3 is 0 Å². The fraction of sp³-hybridized carbons (Fsp3) is 0.0938. The van der Waals surface area contributed by atoms with Gasteiger partial charge in [-0.3, -0.25) is 35.4 Å². The summed E-state index contributed by atoms with van der Waals surface area (Å²) < 4.78 is 9.55. The molecular weight excluding hydrogens is 1100 g/mol. The van der Waals surface area contributed by atoms with E-state index in [4.69, 9.17) is 46.7 Å². The van der Waals surface area contributed by atoms with Crippen LogP contribution in [0.2, 0.25) is 0 Å². The molecule has 0 atom stereocenters. The minimum absolute atomic E-state index is 0.178. The number of aromatic nitrogens is 27. The molecule has 11 aromatic rings. The number of carbonyl (C=O) groups excluding carboxylic acids is 1. The van der Waals surface area contributed by atoms with E-state index in [1.54, 1.807) is 35.3 Å². The van der Waals surface area contributed by atoms with Crippen LogP contribution in [0.4, 0.5) is 29.7 Å². The third-order valence-corrected chi connectivity index (χ3v) is 8.98. The van der Waals surface area contributed by atoms with E-state index in [-0.39, 0.29) is 11.9 Å². The maximum absolute atomic E-state index is 9.98. The van der Waals surface area contributed by atoms with E-state index in [1.807, 2.05) is 37.6 Å². The zero-order valence-electron chi connectivity index (χ0n) is 38.5. The summed E-state index contributed by atoms with van der Waals surface area (Å²) in [6.45, 7) is 1.18. The van der Waals surface area contributed by atoms with E-state index in [9.17, 15) is 4.79 Å². The van der Waals surface area contributed by atoms with Crippen molar-refractivity contribution in [2.24, 2.45) is 12.0 Å². The van der Waals surface area contributed by atoms with Crippen molar-refractivity contribution in [2.45, 2.75) is 5.16 Å². The maximum atomic E-state index is 9.98. The van der Waals surface area contributed by atoms with Crippen LogP contribution in [0.25, 0.3) is 22.1 Å². The number of fused-ring (bicyclic) bond motifs is 2. The Hall–Kier alpha value is -9.72. The number of nitrogens with zero attached hydrogens (tertiary/aromatic N) is 17. The summed E-state index contributed by atoms with van der Waals surface area (Å²) in [6.07, 6.45) is 9.54. The number of para-hydroxylation sites is 2. The molecule has 1 aliphatic heterocycles. The Bertz CT molecular complexity index is 3420. The van der Waals surface area contributed by atoms with Crippen molar-refractivity contribution in [1.82, 2.24) is 142 Å². The standard InChI is InChI=1S/C7H5N3O2.C6H5N3.C3H6N4S.C3H5N3S.C3H4N2S.C2H5N5.2C2H4N4S.C2H4N4.C2H3N3S/c11-4-12-5-1-2-6-7(3-5)9-10-8-6;1-2-4-6-5(3-1)7-9-8-6;1-8-3-5-2(4)6-7-3;1-6-2-4-5-3(6)7;6-3-4-1-2-5-3;3-1-5-2(4)7-6-1;3-6-1-4-5-2(6)7;3-1-4-2(7)6-5-1;3-2-4-1-5-6-2;6-2-3-1-4-5-2/h1-4H,(H,8,9,10);1-4H,(H,7,8,9);1H3,(H3,4,5,6,7);2H,1H3,(H,5,7);1H,2H2,(H,5,6);(H5,3,4,5,6,7);1H,3H2,(H,5,7);(H4,3,4,5,6,7);1H,(H3,3,4,5,6);1H,(H2,3,4,5,6). The van der Waals surface area contributed by atoms with E-state index in [0.717, 1.165) is 23.1 Å². The lowest BCUT2D eigenvalue weighted by atomic mass is 10.3. The van der Waals surface area contributed by atoms with Crippen LogP contribution in [-0.4, -0.2) is 167 Å². The van der Waals surface area contributed by atoms with Gasteiger partial charge in [-0.1, -0.05) is 23.9 Å². The monoisotopic (exact) mass is 1140 g/mol. The molecule has 24 N–H and O–H groups in total. The summed E-state index contributed by atoms with van der Waals surface area (Å²) in [6, 6.07) is 12.7. The predicted molar refractivity (Wildman–Crippen MR) is 290 cm³/mol. The van der Waals surface area contributed by atoms with E-state index in [2.05, 4.69) is 191 Å². The minimum Gasteiger partial charge on any atom is -0.429 e. The van der Waals surface area contributed by atoms with Crippen molar-refractivity contribution < 1.29 is 9.53 Å². The summed E-state index contributed by atoms with van der Waals surface area (Å²) in [7, 11) is 1.84. The van der Waals surface area contributed by atoms with Gasteiger partial charge in [-0.15, -0.1) is 10.2 Å². The van der Waals surface area contributed by atoms with Crippen LogP contribution in [0.3, 0.4) is 0 Å². The van der Waals surface area contributed by atoms with Gasteiger partial charge in [0.1, 0.15) is 53.1 Å². The lowest BCUT2D eigenvalue weighted by molar-refractivity contribution is -0.120. The molecule has 2 aromatic carbocycles. The number of aromatic amines is 11. The number of hydrogen-bond acceptors (Lipinski definition) is 28. The van der Waals surface area contributed by atoms with E-state index < -0.39 is 0 Å². The number of aliphatic imine (C=N–C) groups is 1. The van der Waals surface area contributed by atoms with Crippen molar-refractivity contribution in [1.29, 1.82) is 0 Å². The van der Waals surface area contributed by atoms with Crippen LogP contribution in [0.5, 0.6) is 5.75 Å². The maximum Gasteiger partial charge on any atom is 0.298 e. The fourth-order valence-electron chi connectivity index (χ4n) is 3.95. The van der Waals surface area contributed by atoms with Crippen LogP contribution < -0.4 is 44.6 Å². The molecule has 1 aliphatic rings. The molecule has 0 amide bonds. The highest BCUT2D eigenvalue weighted by atomic mass is 32.2. The average Bonchev–Trinajstić information content (AvgIpc) is 4.22. The Balaban J connectivity index is 0.000000221. The molecule has 37 nitrogen and oxygen atoms in total. The number of hydrogen-bond donors (Lipinski definition) is 18. The first-order chi connectivity index (χ1) is 36.1. The number of thioether (sulfide) groups is 1. The molecule has 0 fully saturated rings. The Labute approximate surface area is 448 Å². The number of benzene rings is 2. The molecule has 0 spiro atoms.